The quantitative estimate of drug-likeness (QED) is 0.487. The molecule has 0 aromatic rings. The van der Waals surface area contributed by atoms with Gasteiger partial charge in [0.2, 0.25) is 0 Å². The predicted molar refractivity (Wildman–Crippen MR) is 33.8 cm³/mol. The maximum absolute atomic E-state index is 5.32. The fourth-order valence-electron chi connectivity index (χ4n) is 0.545. The van der Waals surface area contributed by atoms with E-state index < -0.39 is 0 Å². The van der Waals surface area contributed by atoms with Crippen LogP contribution >= 0.6 is 0 Å². The van der Waals surface area contributed by atoms with E-state index in [1.807, 2.05) is 6.21 Å². The first-order chi connectivity index (χ1) is 3.93. The average molecular weight is 108 g/mol. The Bertz CT molecular complexity index is 161. The minimum Gasteiger partial charge on any atom is -0.326 e. The summed E-state index contributed by atoms with van der Waals surface area (Å²) in [6.45, 7) is 0.600. The molecule has 0 spiro atoms. The van der Waals surface area contributed by atoms with Crippen LogP contribution in [0.1, 0.15) is 6.42 Å². The Hall–Kier alpha value is -0.850. The Morgan fingerprint density at radius 2 is 2.75 bits per heavy atom. The Balaban J connectivity index is 2.69. The molecule has 0 unspecified atom stereocenters. The fraction of sp³-hybridized carbons (Fsp3) is 0.333. The molecular weight excluding hydrogens is 100 g/mol. The SMILES string of the molecule is NCC1=C=CN=CC1. The van der Waals surface area contributed by atoms with Gasteiger partial charge in [0.25, 0.3) is 0 Å². The Labute approximate surface area is 48.4 Å². The van der Waals surface area contributed by atoms with Gasteiger partial charge in [0.05, 0.1) is 6.20 Å². The molecule has 0 aromatic carbocycles. The van der Waals surface area contributed by atoms with Crippen LogP contribution in [-0.4, -0.2) is 12.8 Å². The minimum absolute atomic E-state index is 0.600. The van der Waals surface area contributed by atoms with Crippen LogP contribution in [0, 0.1) is 0 Å². The van der Waals surface area contributed by atoms with Crippen molar-refractivity contribution in [3.63, 3.8) is 0 Å². The number of hydrogen-bond acceptors (Lipinski definition) is 2. The third-order valence-corrected chi connectivity index (χ3v) is 1.03. The van der Waals surface area contributed by atoms with Crippen LogP contribution in [0.5, 0.6) is 0 Å². The van der Waals surface area contributed by atoms with E-state index in [-0.39, 0.29) is 0 Å². The van der Waals surface area contributed by atoms with E-state index in [9.17, 15) is 0 Å². The zero-order valence-corrected chi connectivity index (χ0v) is 4.59. The van der Waals surface area contributed by atoms with Crippen molar-refractivity contribution in [1.82, 2.24) is 0 Å². The highest BCUT2D eigenvalue weighted by molar-refractivity contribution is 5.63. The molecule has 1 aliphatic rings. The largest absolute Gasteiger partial charge is 0.326 e. The van der Waals surface area contributed by atoms with Crippen LogP contribution in [0.3, 0.4) is 0 Å². The number of hydrogen-bond donors (Lipinski definition) is 1. The third-order valence-electron chi connectivity index (χ3n) is 1.03. The molecule has 0 bridgehead atoms. The van der Waals surface area contributed by atoms with E-state index >= 15 is 0 Å². The summed E-state index contributed by atoms with van der Waals surface area (Å²) in [4.78, 5) is 3.84. The van der Waals surface area contributed by atoms with Gasteiger partial charge in [-0.25, -0.2) is 0 Å². The summed E-state index contributed by atoms with van der Waals surface area (Å²) in [5.74, 6) is 0. The van der Waals surface area contributed by atoms with Crippen molar-refractivity contribution in [1.29, 1.82) is 0 Å². The maximum Gasteiger partial charge on any atom is 0.0682 e. The Kier molecular flexibility index (Phi) is 1.62. The van der Waals surface area contributed by atoms with E-state index in [1.165, 1.54) is 0 Å². The van der Waals surface area contributed by atoms with Crippen LogP contribution < -0.4 is 5.73 Å². The summed E-state index contributed by atoms with van der Waals surface area (Å²) in [7, 11) is 0. The molecule has 0 fully saturated rings. The van der Waals surface area contributed by atoms with Crippen LogP contribution in [0.25, 0.3) is 0 Å². The van der Waals surface area contributed by atoms with Crippen LogP contribution in [0.15, 0.2) is 22.5 Å². The molecule has 0 amide bonds. The van der Waals surface area contributed by atoms with Gasteiger partial charge < -0.3 is 5.73 Å². The maximum atomic E-state index is 5.32. The lowest BCUT2D eigenvalue weighted by Crippen LogP contribution is -2.03. The average Bonchev–Trinajstić information content (AvgIpc) is 1.90. The molecule has 1 rings (SSSR count). The molecule has 2 N–H and O–H groups in total. The Morgan fingerprint density at radius 1 is 1.88 bits per heavy atom. The van der Waals surface area contributed by atoms with E-state index in [4.69, 9.17) is 5.73 Å². The normalized spacial score (nSPS) is 16.4. The molecule has 0 atom stereocenters. The fourth-order valence-corrected chi connectivity index (χ4v) is 0.545. The highest BCUT2D eigenvalue weighted by atomic mass is 14.7. The zero-order chi connectivity index (χ0) is 5.82. The predicted octanol–water partition coefficient (Wildman–Crippen LogP) is 0.459. The molecule has 0 saturated carbocycles. The van der Waals surface area contributed by atoms with Gasteiger partial charge in [-0.2, -0.15) is 0 Å². The molecule has 2 heteroatoms. The van der Waals surface area contributed by atoms with E-state index in [0.717, 1.165) is 12.0 Å². The number of nitrogens with zero attached hydrogens (tertiary/aromatic N) is 1. The number of rotatable bonds is 1. The van der Waals surface area contributed by atoms with Crippen LogP contribution in [-0.2, 0) is 0 Å². The molecule has 1 aliphatic heterocycles. The molecule has 0 radical (unpaired) electrons. The number of nitrogens with two attached hydrogens (primary N) is 1. The monoisotopic (exact) mass is 108 g/mol. The van der Waals surface area contributed by atoms with Crippen molar-refractivity contribution in [2.24, 2.45) is 10.7 Å². The van der Waals surface area contributed by atoms with Crippen molar-refractivity contribution in [3.05, 3.63) is 17.5 Å². The summed E-state index contributed by atoms with van der Waals surface area (Å²) in [6, 6.07) is 0. The lowest BCUT2D eigenvalue weighted by molar-refractivity contribution is 1.09. The van der Waals surface area contributed by atoms with E-state index in [1.54, 1.807) is 6.20 Å². The topological polar surface area (TPSA) is 38.4 Å². The third kappa shape index (κ3) is 1.06. The van der Waals surface area contributed by atoms with Gasteiger partial charge in [-0.05, 0) is 5.57 Å². The second-order valence-corrected chi connectivity index (χ2v) is 1.62. The van der Waals surface area contributed by atoms with Crippen molar-refractivity contribution in [2.75, 3.05) is 6.54 Å². The molecule has 0 aromatic heterocycles. The van der Waals surface area contributed by atoms with Gasteiger partial charge in [-0.3, -0.25) is 4.99 Å². The molecule has 8 heavy (non-hydrogen) atoms. The second-order valence-electron chi connectivity index (χ2n) is 1.62. The smallest absolute Gasteiger partial charge is 0.0682 e. The lowest BCUT2D eigenvalue weighted by atomic mass is 10.2. The van der Waals surface area contributed by atoms with Crippen molar-refractivity contribution < 1.29 is 0 Å². The first-order valence-corrected chi connectivity index (χ1v) is 2.58. The molecule has 0 saturated heterocycles. The first kappa shape index (κ1) is 5.29. The van der Waals surface area contributed by atoms with E-state index in [2.05, 4.69) is 10.7 Å². The molecule has 1 heterocycles. The van der Waals surface area contributed by atoms with Gasteiger partial charge in [0.15, 0.2) is 0 Å². The highest BCUT2D eigenvalue weighted by Crippen LogP contribution is 1.97. The minimum atomic E-state index is 0.600. The standard InChI is InChI=1S/C6H8N2/c7-5-6-1-3-8-4-2-6/h3-4H,1,5,7H2. The molecule has 0 aliphatic carbocycles. The number of aliphatic imine (C=N–C) groups is 1. The zero-order valence-electron chi connectivity index (χ0n) is 4.59. The lowest BCUT2D eigenvalue weighted by Gasteiger charge is -1.95. The highest BCUT2D eigenvalue weighted by Gasteiger charge is 1.90. The van der Waals surface area contributed by atoms with Crippen molar-refractivity contribution >= 4 is 6.21 Å². The second kappa shape index (κ2) is 2.46. The van der Waals surface area contributed by atoms with Gasteiger partial charge in [-0.1, -0.05) is 5.73 Å². The summed E-state index contributed by atoms with van der Waals surface area (Å²) < 4.78 is 0. The van der Waals surface area contributed by atoms with Crippen LogP contribution in [0.4, 0.5) is 0 Å². The van der Waals surface area contributed by atoms with Gasteiger partial charge in [-0.15, -0.1) is 0 Å². The summed E-state index contributed by atoms with van der Waals surface area (Å²) >= 11 is 0. The van der Waals surface area contributed by atoms with Gasteiger partial charge in [0.1, 0.15) is 0 Å². The van der Waals surface area contributed by atoms with Crippen LogP contribution in [0.2, 0.25) is 0 Å². The Morgan fingerprint density at radius 3 is 3.12 bits per heavy atom. The van der Waals surface area contributed by atoms with Crippen molar-refractivity contribution in [3.8, 4) is 0 Å². The first-order valence-electron chi connectivity index (χ1n) is 2.58. The van der Waals surface area contributed by atoms with Gasteiger partial charge in [0, 0.05) is 19.2 Å². The summed E-state index contributed by atoms with van der Waals surface area (Å²) in [6.07, 6.45) is 4.34. The summed E-state index contributed by atoms with van der Waals surface area (Å²) in [5.41, 5.74) is 9.38. The van der Waals surface area contributed by atoms with Crippen molar-refractivity contribution in [2.45, 2.75) is 6.42 Å². The molecule has 2 nitrogen and oxygen atoms in total. The summed E-state index contributed by atoms with van der Waals surface area (Å²) in [5, 5.41) is 0. The van der Waals surface area contributed by atoms with E-state index in [0.29, 0.717) is 6.54 Å². The molecular formula is C6H8N2. The molecule has 42 valence electrons. The van der Waals surface area contributed by atoms with Gasteiger partial charge >= 0.3 is 0 Å².